The summed E-state index contributed by atoms with van der Waals surface area (Å²) < 4.78 is 4.73. The standard InChI is InChI=1S/C12H11NO2S/c1-15-12(14)11-10(6-7-16-11)8-2-4-9(13)5-3-8/h2-7H,13H2,1H3. The fourth-order valence-corrected chi connectivity index (χ4v) is 2.28. The fourth-order valence-electron chi connectivity index (χ4n) is 1.45. The van der Waals surface area contributed by atoms with E-state index < -0.39 is 0 Å². The van der Waals surface area contributed by atoms with Crippen LogP contribution in [-0.4, -0.2) is 13.1 Å². The molecule has 0 unspecified atom stereocenters. The Morgan fingerprint density at radius 3 is 2.56 bits per heavy atom. The van der Waals surface area contributed by atoms with E-state index in [1.54, 1.807) is 0 Å². The molecule has 0 aliphatic rings. The first-order chi connectivity index (χ1) is 7.72. The second kappa shape index (κ2) is 4.37. The average molecular weight is 233 g/mol. The van der Waals surface area contributed by atoms with Crippen LogP contribution in [0.15, 0.2) is 35.7 Å². The van der Waals surface area contributed by atoms with Gasteiger partial charge in [0.15, 0.2) is 0 Å². The van der Waals surface area contributed by atoms with Crippen molar-refractivity contribution >= 4 is 23.0 Å². The van der Waals surface area contributed by atoms with Crippen LogP contribution in [0.25, 0.3) is 11.1 Å². The third-order valence-corrected chi connectivity index (χ3v) is 3.15. The summed E-state index contributed by atoms with van der Waals surface area (Å²) >= 11 is 1.38. The Balaban J connectivity index is 2.44. The van der Waals surface area contributed by atoms with Crippen molar-refractivity contribution in [3.05, 3.63) is 40.6 Å². The largest absolute Gasteiger partial charge is 0.465 e. The molecule has 0 aliphatic heterocycles. The van der Waals surface area contributed by atoms with Crippen LogP contribution in [0.5, 0.6) is 0 Å². The molecule has 1 aromatic heterocycles. The molecule has 0 amide bonds. The van der Waals surface area contributed by atoms with Gasteiger partial charge in [0, 0.05) is 11.3 Å². The van der Waals surface area contributed by atoms with Crippen LogP contribution in [0.2, 0.25) is 0 Å². The number of esters is 1. The smallest absolute Gasteiger partial charge is 0.348 e. The molecule has 1 aromatic carbocycles. The molecular formula is C12H11NO2S. The van der Waals surface area contributed by atoms with Gasteiger partial charge in [0.2, 0.25) is 0 Å². The number of methoxy groups -OCH3 is 1. The van der Waals surface area contributed by atoms with Crippen LogP contribution in [0.3, 0.4) is 0 Å². The van der Waals surface area contributed by atoms with Gasteiger partial charge in [0.05, 0.1) is 7.11 Å². The highest BCUT2D eigenvalue weighted by Gasteiger charge is 2.14. The second-order valence-corrected chi connectivity index (χ2v) is 4.19. The molecule has 0 radical (unpaired) electrons. The summed E-state index contributed by atoms with van der Waals surface area (Å²) in [6.45, 7) is 0. The minimum atomic E-state index is -0.304. The molecule has 0 bridgehead atoms. The average Bonchev–Trinajstić information content (AvgIpc) is 2.78. The van der Waals surface area contributed by atoms with E-state index in [0.29, 0.717) is 10.6 Å². The first kappa shape index (κ1) is 10.7. The van der Waals surface area contributed by atoms with E-state index in [1.165, 1.54) is 18.4 Å². The van der Waals surface area contributed by atoms with Crippen molar-refractivity contribution < 1.29 is 9.53 Å². The highest BCUT2D eigenvalue weighted by Crippen LogP contribution is 2.29. The van der Waals surface area contributed by atoms with Crippen LogP contribution in [0.4, 0.5) is 5.69 Å². The number of benzene rings is 1. The van der Waals surface area contributed by atoms with Gasteiger partial charge < -0.3 is 10.5 Å². The number of hydrogen-bond acceptors (Lipinski definition) is 4. The van der Waals surface area contributed by atoms with Gasteiger partial charge in [0.25, 0.3) is 0 Å². The topological polar surface area (TPSA) is 52.3 Å². The monoisotopic (exact) mass is 233 g/mol. The maximum atomic E-state index is 11.5. The van der Waals surface area contributed by atoms with Crippen molar-refractivity contribution in [2.75, 3.05) is 12.8 Å². The molecule has 0 saturated carbocycles. The lowest BCUT2D eigenvalue weighted by Gasteiger charge is -2.02. The molecule has 82 valence electrons. The van der Waals surface area contributed by atoms with E-state index in [1.807, 2.05) is 35.7 Å². The van der Waals surface area contributed by atoms with Crippen molar-refractivity contribution in [3.63, 3.8) is 0 Å². The molecular weight excluding hydrogens is 222 g/mol. The minimum absolute atomic E-state index is 0.304. The molecule has 1 heterocycles. The van der Waals surface area contributed by atoms with Gasteiger partial charge in [-0.25, -0.2) is 4.79 Å². The molecule has 3 nitrogen and oxygen atoms in total. The van der Waals surface area contributed by atoms with Gasteiger partial charge in [-0.15, -0.1) is 11.3 Å². The number of hydrogen-bond donors (Lipinski definition) is 1. The molecule has 0 fully saturated rings. The number of ether oxygens (including phenoxy) is 1. The normalized spacial score (nSPS) is 10.1. The van der Waals surface area contributed by atoms with E-state index in [4.69, 9.17) is 10.5 Å². The van der Waals surface area contributed by atoms with Crippen LogP contribution in [-0.2, 0) is 4.74 Å². The number of carbonyl (C=O) groups excluding carboxylic acids is 1. The molecule has 2 rings (SSSR count). The maximum absolute atomic E-state index is 11.5. The van der Waals surface area contributed by atoms with E-state index in [0.717, 1.165) is 11.1 Å². The Bertz CT molecular complexity index is 502. The third-order valence-electron chi connectivity index (χ3n) is 2.26. The molecule has 0 aliphatic carbocycles. The van der Waals surface area contributed by atoms with Gasteiger partial charge in [-0.05, 0) is 29.1 Å². The van der Waals surface area contributed by atoms with E-state index in [9.17, 15) is 4.79 Å². The summed E-state index contributed by atoms with van der Waals surface area (Å²) in [6, 6.07) is 9.32. The van der Waals surface area contributed by atoms with Crippen LogP contribution < -0.4 is 5.73 Å². The number of nitrogen functional groups attached to an aromatic ring is 1. The maximum Gasteiger partial charge on any atom is 0.348 e. The van der Waals surface area contributed by atoms with Crippen LogP contribution in [0, 0.1) is 0 Å². The zero-order valence-electron chi connectivity index (χ0n) is 8.77. The summed E-state index contributed by atoms with van der Waals surface area (Å²) in [6.07, 6.45) is 0. The lowest BCUT2D eigenvalue weighted by Crippen LogP contribution is -1.99. The molecule has 2 N–H and O–H groups in total. The van der Waals surface area contributed by atoms with E-state index in [-0.39, 0.29) is 5.97 Å². The number of nitrogens with two attached hydrogens (primary N) is 1. The minimum Gasteiger partial charge on any atom is -0.465 e. The van der Waals surface area contributed by atoms with Crippen LogP contribution >= 0.6 is 11.3 Å². The summed E-state index contributed by atoms with van der Waals surface area (Å²) in [5.41, 5.74) is 8.18. The first-order valence-electron chi connectivity index (χ1n) is 4.74. The fraction of sp³-hybridized carbons (Fsp3) is 0.0833. The number of thiophene rings is 1. The Hall–Kier alpha value is -1.81. The van der Waals surface area contributed by atoms with E-state index in [2.05, 4.69) is 0 Å². The molecule has 0 saturated heterocycles. The number of rotatable bonds is 2. The molecule has 2 aromatic rings. The van der Waals surface area contributed by atoms with Gasteiger partial charge in [-0.1, -0.05) is 12.1 Å². The van der Waals surface area contributed by atoms with Crippen molar-refractivity contribution in [3.8, 4) is 11.1 Å². The van der Waals surface area contributed by atoms with Gasteiger partial charge in [0.1, 0.15) is 4.88 Å². The predicted molar refractivity (Wildman–Crippen MR) is 65.5 cm³/mol. The molecule has 16 heavy (non-hydrogen) atoms. The van der Waals surface area contributed by atoms with Crippen molar-refractivity contribution in [1.29, 1.82) is 0 Å². The Labute approximate surface area is 97.5 Å². The number of carbonyl (C=O) groups is 1. The first-order valence-corrected chi connectivity index (χ1v) is 5.62. The highest BCUT2D eigenvalue weighted by atomic mass is 32.1. The molecule has 4 heteroatoms. The lowest BCUT2D eigenvalue weighted by atomic mass is 10.1. The molecule has 0 spiro atoms. The van der Waals surface area contributed by atoms with Gasteiger partial charge >= 0.3 is 5.97 Å². The summed E-state index contributed by atoms with van der Waals surface area (Å²) in [5, 5.41) is 1.87. The third kappa shape index (κ3) is 1.92. The molecule has 0 atom stereocenters. The summed E-state index contributed by atoms with van der Waals surface area (Å²) in [7, 11) is 1.38. The zero-order chi connectivity index (χ0) is 11.5. The Morgan fingerprint density at radius 1 is 1.25 bits per heavy atom. The Kier molecular flexibility index (Phi) is 2.92. The Morgan fingerprint density at radius 2 is 1.94 bits per heavy atom. The summed E-state index contributed by atoms with van der Waals surface area (Å²) in [4.78, 5) is 12.1. The lowest BCUT2D eigenvalue weighted by molar-refractivity contribution is 0.0607. The van der Waals surface area contributed by atoms with Crippen molar-refractivity contribution in [1.82, 2.24) is 0 Å². The second-order valence-electron chi connectivity index (χ2n) is 3.28. The van der Waals surface area contributed by atoms with Gasteiger partial charge in [-0.2, -0.15) is 0 Å². The summed E-state index contributed by atoms with van der Waals surface area (Å²) in [5.74, 6) is -0.304. The van der Waals surface area contributed by atoms with Crippen molar-refractivity contribution in [2.45, 2.75) is 0 Å². The zero-order valence-corrected chi connectivity index (χ0v) is 9.58. The van der Waals surface area contributed by atoms with Crippen LogP contribution in [0.1, 0.15) is 9.67 Å². The van der Waals surface area contributed by atoms with Gasteiger partial charge in [-0.3, -0.25) is 0 Å². The number of anilines is 1. The predicted octanol–water partition coefficient (Wildman–Crippen LogP) is 2.78. The van der Waals surface area contributed by atoms with E-state index >= 15 is 0 Å². The quantitative estimate of drug-likeness (QED) is 0.641. The SMILES string of the molecule is COC(=O)c1sccc1-c1ccc(N)cc1. The van der Waals surface area contributed by atoms with Crippen molar-refractivity contribution in [2.24, 2.45) is 0 Å². The highest BCUT2D eigenvalue weighted by molar-refractivity contribution is 7.12.